The molecule has 2 atom stereocenters. The Hall–Kier alpha value is -1.36. The highest BCUT2D eigenvalue weighted by Gasteiger charge is 2.47. The van der Waals surface area contributed by atoms with Crippen molar-refractivity contribution in [2.75, 3.05) is 26.8 Å². The number of H-pyrrole nitrogens is 1. The summed E-state index contributed by atoms with van der Waals surface area (Å²) in [6.07, 6.45) is 5.60. The molecule has 3 heterocycles. The van der Waals surface area contributed by atoms with Gasteiger partial charge in [-0.1, -0.05) is 12.1 Å². The highest BCUT2D eigenvalue weighted by atomic mass is 16.5. The Labute approximate surface area is 131 Å². The van der Waals surface area contributed by atoms with Gasteiger partial charge in [-0.05, 0) is 37.0 Å². The van der Waals surface area contributed by atoms with E-state index in [0.717, 1.165) is 45.5 Å². The minimum Gasteiger partial charge on any atom is -0.378 e. The lowest BCUT2D eigenvalue weighted by molar-refractivity contribution is -0.145. The lowest BCUT2D eigenvalue weighted by atomic mass is 9.86. The van der Waals surface area contributed by atoms with Crippen LogP contribution >= 0.6 is 0 Å². The van der Waals surface area contributed by atoms with Gasteiger partial charge in [-0.25, -0.2) is 0 Å². The molecule has 0 radical (unpaired) electrons. The molecule has 1 aromatic heterocycles. The Morgan fingerprint density at radius 3 is 3.18 bits per heavy atom. The number of piperidine rings is 1. The lowest BCUT2D eigenvalue weighted by Crippen LogP contribution is -2.56. The molecule has 118 valence electrons. The van der Waals surface area contributed by atoms with Crippen molar-refractivity contribution in [2.24, 2.45) is 0 Å². The Morgan fingerprint density at radius 1 is 1.41 bits per heavy atom. The van der Waals surface area contributed by atoms with E-state index in [1.54, 1.807) is 0 Å². The maximum atomic E-state index is 6.15. The summed E-state index contributed by atoms with van der Waals surface area (Å²) < 4.78 is 11.9. The van der Waals surface area contributed by atoms with Crippen molar-refractivity contribution in [2.45, 2.75) is 37.5 Å². The topological polar surface area (TPSA) is 37.5 Å². The Bertz CT molecular complexity index is 645. The number of nitrogens with one attached hydrogen (secondary N) is 1. The SMILES string of the molecule is CO[C@H]1CCN(Cc2cccc3[nH]ccc23)C[C@@]12CCCO2. The molecular formula is C18H24N2O2. The van der Waals surface area contributed by atoms with E-state index in [1.807, 2.05) is 13.3 Å². The molecule has 0 amide bonds. The standard InChI is InChI=1S/C18H24N2O2/c1-21-17-7-10-20(13-18(17)8-3-11-22-18)12-14-4-2-5-16-15(14)6-9-19-16/h2,4-6,9,17,19H,3,7-8,10-13H2,1H3/t17-,18-/m0/s1. The second-order valence-electron chi connectivity index (χ2n) is 6.60. The molecule has 1 N–H and O–H groups in total. The van der Waals surface area contributed by atoms with E-state index in [9.17, 15) is 0 Å². The summed E-state index contributed by atoms with van der Waals surface area (Å²) in [4.78, 5) is 5.83. The Morgan fingerprint density at radius 2 is 2.36 bits per heavy atom. The van der Waals surface area contributed by atoms with Crippen molar-refractivity contribution in [3.63, 3.8) is 0 Å². The zero-order valence-corrected chi connectivity index (χ0v) is 13.2. The highest BCUT2D eigenvalue weighted by Crippen LogP contribution is 2.37. The lowest BCUT2D eigenvalue weighted by Gasteiger charge is -2.44. The van der Waals surface area contributed by atoms with Gasteiger partial charge in [-0.2, -0.15) is 0 Å². The first-order valence-corrected chi connectivity index (χ1v) is 8.25. The van der Waals surface area contributed by atoms with Gasteiger partial charge >= 0.3 is 0 Å². The number of benzene rings is 1. The molecule has 22 heavy (non-hydrogen) atoms. The summed E-state index contributed by atoms with van der Waals surface area (Å²) in [5.74, 6) is 0. The molecule has 2 fully saturated rings. The summed E-state index contributed by atoms with van der Waals surface area (Å²) in [7, 11) is 1.82. The number of rotatable bonds is 3. The number of ether oxygens (including phenoxy) is 2. The number of aromatic amines is 1. The van der Waals surface area contributed by atoms with Gasteiger partial charge in [-0.15, -0.1) is 0 Å². The van der Waals surface area contributed by atoms with Crippen LogP contribution in [0.2, 0.25) is 0 Å². The number of methoxy groups -OCH3 is 1. The monoisotopic (exact) mass is 300 g/mol. The fourth-order valence-electron chi connectivity index (χ4n) is 4.22. The van der Waals surface area contributed by atoms with Crippen LogP contribution in [0.4, 0.5) is 0 Å². The molecule has 1 spiro atoms. The normalized spacial score (nSPS) is 29.6. The van der Waals surface area contributed by atoms with Crippen LogP contribution in [0.5, 0.6) is 0 Å². The Balaban J connectivity index is 1.55. The number of aromatic nitrogens is 1. The van der Waals surface area contributed by atoms with Gasteiger partial charge in [0.2, 0.25) is 0 Å². The molecule has 0 saturated carbocycles. The molecule has 2 aromatic rings. The first kappa shape index (κ1) is 14.2. The largest absolute Gasteiger partial charge is 0.378 e. The molecule has 0 bridgehead atoms. The van der Waals surface area contributed by atoms with Crippen molar-refractivity contribution in [3.05, 3.63) is 36.0 Å². The summed E-state index contributed by atoms with van der Waals surface area (Å²) in [6, 6.07) is 8.69. The van der Waals surface area contributed by atoms with E-state index in [-0.39, 0.29) is 11.7 Å². The van der Waals surface area contributed by atoms with E-state index in [2.05, 4.69) is 34.1 Å². The van der Waals surface area contributed by atoms with Crippen LogP contribution in [0.15, 0.2) is 30.5 Å². The van der Waals surface area contributed by atoms with Crippen LogP contribution in [0, 0.1) is 0 Å². The first-order chi connectivity index (χ1) is 10.8. The van der Waals surface area contributed by atoms with Crippen molar-refractivity contribution < 1.29 is 9.47 Å². The average Bonchev–Trinajstić information content (AvgIpc) is 3.18. The maximum Gasteiger partial charge on any atom is 0.107 e. The molecule has 2 aliphatic heterocycles. The molecule has 2 saturated heterocycles. The van der Waals surface area contributed by atoms with Gasteiger partial charge in [0.1, 0.15) is 5.60 Å². The maximum absolute atomic E-state index is 6.15. The summed E-state index contributed by atoms with van der Waals surface area (Å²) in [5, 5.41) is 1.33. The van der Waals surface area contributed by atoms with Crippen molar-refractivity contribution in [3.8, 4) is 0 Å². The zero-order chi connectivity index (χ0) is 15.0. The third-order valence-corrected chi connectivity index (χ3v) is 5.28. The second-order valence-corrected chi connectivity index (χ2v) is 6.60. The predicted octanol–water partition coefficient (Wildman–Crippen LogP) is 2.94. The number of hydrogen-bond acceptors (Lipinski definition) is 3. The fraction of sp³-hybridized carbons (Fsp3) is 0.556. The van der Waals surface area contributed by atoms with E-state index < -0.39 is 0 Å². The molecule has 0 unspecified atom stereocenters. The van der Waals surface area contributed by atoms with Crippen LogP contribution in [0.25, 0.3) is 10.9 Å². The third-order valence-electron chi connectivity index (χ3n) is 5.28. The fourth-order valence-corrected chi connectivity index (χ4v) is 4.22. The van der Waals surface area contributed by atoms with Crippen LogP contribution in [-0.4, -0.2) is 48.4 Å². The van der Waals surface area contributed by atoms with Crippen molar-refractivity contribution in [1.29, 1.82) is 0 Å². The van der Waals surface area contributed by atoms with Gasteiger partial charge in [0.25, 0.3) is 0 Å². The predicted molar refractivity (Wildman–Crippen MR) is 86.9 cm³/mol. The first-order valence-electron chi connectivity index (χ1n) is 8.25. The van der Waals surface area contributed by atoms with Gasteiger partial charge in [0, 0.05) is 50.5 Å². The van der Waals surface area contributed by atoms with Gasteiger partial charge in [0.05, 0.1) is 6.10 Å². The number of hydrogen-bond donors (Lipinski definition) is 1. The smallest absolute Gasteiger partial charge is 0.107 e. The second kappa shape index (κ2) is 5.69. The summed E-state index contributed by atoms with van der Waals surface area (Å²) in [5.41, 5.74) is 2.53. The summed E-state index contributed by atoms with van der Waals surface area (Å²) in [6.45, 7) is 3.91. The molecular weight excluding hydrogens is 276 g/mol. The van der Waals surface area contributed by atoms with Gasteiger partial charge < -0.3 is 14.5 Å². The van der Waals surface area contributed by atoms with E-state index in [1.165, 1.54) is 16.5 Å². The molecule has 1 aromatic carbocycles. The van der Waals surface area contributed by atoms with Crippen LogP contribution in [-0.2, 0) is 16.0 Å². The third kappa shape index (κ3) is 2.35. The molecule has 2 aliphatic rings. The number of fused-ring (bicyclic) bond motifs is 1. The quantitative estimate of drug-likeness (QED) is 0.947. The number of likely N-dealkylation sites (tertiary alicyclic amines) is 1. The molecule has 4 rings (SSSR count). The minimum atomic E-state index is -0.0843. The van der Waals surface area contributed by atoms with E-state index in [4.69, 9.17) is 9.47 Å². The van der Waals surface area contributed by atoms with Crippen molar-refractivity contribution in [1.82, 2.24) is 9.88 Å². The molecule has 4 nitrogen and oxygen atoms in total. The van der Waals surface area contributed by atoms with Gasteiger partial charge in [-0.3, -0.25) is 4.90 Å². The molecule has 4 heteroatoms. The van der Waals surface area contributed by atoms with Crippen LogP contribution in [0.1, 0.15) is 24.8 Å². The average molecular weight is 300 g/mol. The van der Waals surface area contributed by atoms with E-state index >= 15 is 0 Å². The minimum absolute atomic E-state index is 0.0843. The van der Waals surface area contributed by atoms with Crippen LogP contribution in [0.3, 0.4) is 0 Å². The van der Waals surface area contributed by atoms with Gasteiger partial charge in [0.15, 0.2) is 0 Å². The highest BCUT2D eigenvalue weighted by molar-refractivity contribution is 5.82. The van der Waals surface area contributed by atoms with E-state index in [0.29, 0.717) is 0 Å². The molecule has 0 aliphatic carbocycles. The zero-order valence-electron chi connectivity index (χ0n) is 13.2. The van der Waals surface area contributed by atoms with Crippen LogP contribution < -0.4 is 0 Å². The van der Waals surface area contributed by atoms with Crippen molar-refractivity contribution >= 4 is 10.9 Å². The summed E-state index contributed by atoms with van der Waals surface area (Å²) >= 11 is 0. The number of nitrogens with zero attached hydrogens (tertiary/aromatic N) is 1. The Kier molecular flexibility index (Phi) is 3.68.